The fraction of sp³-hybridized carbons (Fsp3) is 0.464. The number of aromatic nitrogens is 2. The second-order valence-corrected chi connectivity index (χ2v) is 10.1. The van der Waals surface area contributed by atoms with Gasteiger partial charge in [-0.2, -0.15) is 18.3 Å². The molecule has 6 nitrogen and oxygen atoms in total. The molecule has 38 heavy (non-hydrogen) atoms. The van der Waals surface area contributed by atoms with Gasteiger partial charge < -0.3 is 20.7 Å². The Morgan fingerprint density at radius 1 is 1.16 bits per heavy atom. The predicted octanol–water partition coefficient (Wildman–Crippen LogP) is 6.70. The van der Waals surface area contributed by atoms with Gasteiger partial charge in [0.25, 0.3) is 0 Å². The highest BCUT2D eigenvalue weighted by atomic mass is 32.2. The predicted molar refractivity (Wildman–Crippen MR) is 150 cm³/mol. The van der Waals surface area contributed by atoms with E-state index in [-0.39, 0.29) is 34.9 Å². The summed E-state index contributed by atoms with van der Waals surface area (Å²) >= 11 is -0.178. The van der Waals surface area contributed by atoms with Crippen molar-refractivity contribution in [3.05, 3.63) is 47.7 Å². The summed E-state index contributed by atoms with van der Waals surface area (Å²) in [6, 6.07) is 11.2. The Kier molecular flexibility index (Phi) is 11.0. The number of benzene rings is 1. The van der Waals surface area contributed by atoms with E-state index in [0.717, 1.165) is 49.9 Å². The first-order valence-electron chi connectivity index (χ1n) is 12.8. The van der Waals surface area contributed by atoms with E-state index < -0.39 is 5.51 Å². The number of unbranched alkanes of at least 4 members (excludes halogenated alkanes) is 1. The topological polar surface area (TPSA) is 62.6 Å². The molecule has 0 spiro atoms. The van der Waals surface area contributed by atoms with E-state index in [4.69, 9.17) is 4.74 Å². The van der Waals surface area contributed by atoms with Crippen molar-refractivity contribution < 1.29 is 17.9 Å². The molecule has 0 aliphatic carbocycles. The van der Waals surface area contributed by atoms with Gasteiger partial charge in [-0.25, -0.2) is 4.52 Å². The van der Waals surface area contributed by atoms with Crippen LogP contribution in [0.3, 0.4) is 0 Å². The highest BCUT2D eigenvalue weighted by molar-refractivity contribution is 8.00. The SMILES string of the molecule is CCCCC(CCCNC)Nc1cccc2c(SC(F)(F)F)c(C#CCNc3cc(C)ccc3OC)nn12. The first-order valence-corrected chi connectivity index (χ1v) is 13.6. The molecule has 0 saturated carbocycles. The van der Waals surface area contributed by atoms with Gasteiger partial charge >= 0.3 is 5.51 Å². The molecular weight excluding hydrogens is 511 g/mol. The van der Waals surface area contributed by atoms with E-state index >= 15 is 0 Å². The second-order valence-electron chi connectivity index (χ2n) is 9.02. The Morgan fingerprint density at radius 2 is 1.95 bits per heavy atom. The van der Waals surface area contributed by atoms with Crippen LogP contribution in [0.2, 0.25) is 0 Å². The van der Waals surface area contributed by atoms with E-state index in [1.807, 2.05) is 38.2 Å². The maximum Gasteiger partial charge on any atom is 0.446 e. The van der Waals surface area contributed by atoms with Crippen LogP contribution in [-0.4, -0.2) is 48.4 Å². The van der Waals surface area contributed by atoms with Gasteiger partial charge in [-0.15, -0.1) is 0 Å². The Labute approximate surface area is 227 Å². The third-order valence-corrected chi connectivity index (χ3v) is 6.83. The van der Waals surface area contributed by atoms with Gasteiger partial charge in [0.15, 0.2) is 0 Å². The minimum Gasteiger partial charge on any atom is -0.495 e. The van der Waals surface area contributed by atoms with E-state index in [0.29, 0.717) is 17.1 Å². The zero-order chi connectivity index (χ0) is 27.5. The first kappa shape index (κ1) is 29.5. The molecule has 3 N–H and O–H groups in total. The molecule has 0 bridgehead atoms. The van der Waals surface area contributed by atoms with Crippen molar-refractivity contribution in [2.24, 2.45) is 0 Å². The van der Waals surface area contributed by atoms with Crippen LogP contribution >= 0.6 is 11.8 Å². The van der Waals surface area contributed by atoms with Crippen LogP contribution in [0.15, 0.2) is 41.3 Å². The van der Waals surface area contributed by atoms with Crippen LogP contribution < -0.4 is 20.7 Å². The third-order valence-electron chi connectivity index (χ3n) is 6.00. The van der Waals surface area contributed by atoms with Gasteiger partial charge in [0.1, 0.15) is 17.3 Å². The molecule has 0 amide bonds. The van der Waals surface area contributed by atoms with Crippen molar-refractivity contribution >= 4 is 28.8 Å². The van der Waals surface area contributed by atoms with Crippen LogP contribution in [0.4, 0.5) is 24.7 Å². The monoisotopic (exact) mass is 547 g/mol. The number of fused-ring (bicyclic) bond motifs is 1. The standard InChI is InChI=1S/C28H36F3N5OS/c1-5-6-10-21(11-8-17-32-3)34-26-14-7-13-24-27(38-28(29,30)31)22(35-36(24)26)12-9-18-33-23-19-20(2)15-16-25(23)37-4/h7,13-16,19,21,32-34H,5-6,8,10-11,17-18H2,1-4H3. The molecule has 2 heterocycles. The van der Waals surface area contributed by atoms with Crippen molar-refractivity contribution in [1.29, 1.82) is 0 Å². The highest BCUT2D eigenvalue weighted by Crippen LogP contribution is 2.41. The number of nitrogens with zero attached hydrogens (tertiary/aromatic N) is 2. The molecule has 206 valence electrons. The van der Waals surface area contributed by atoms with E-state index in [1.165, 1.54) is 0 Å². The van der Waals surface area contributed by atoms with Crippen molar-refractivity contribution in [2.45, 2.75) is 62.4 Å². The van der Waals surface area contributed by atoms with E-state index in [9.17, 15) is 13.2 Å². The molecule has 2 aromatic heterocycles. The normalized spacial score (nSPS) is 12.2. The number of pyridine rings is 1. The van der Waals surface area contributed by atoms with Crippen LogP contribution in [0, 0.1) is 18.8 Å². The number of nitrogens with one attached hydrogen (secondary N) is 3. The van der Waals surface area contributed by atoms with E-state index in [1.54, 1.807) is 23.8 Å². The van der Waals surface area contributed by atoms with Crippen LogP contribution in [0.1, 0.15) is 50.3 Å². The second kappa shape index (κ2) is 14.2. The molecule has 0 aliphatic heterocycles. The Balaban J connectivity index is 1.90. The number of aryl methyl sites for hydroxylation is 1. The van der Waals surface area contributed by atoms with Gasteiger partial charge in [0, 0.05) is 6.04 Å². The Morgan fingerprint density at radius 3 is 2.66 bits per heavy atom. The summed E-state index contributed by atoms with van der Waals surface area (Å²) < 4.78 is 47.4. The van der Waals surface area contributed by atoms with Crippen molar-refractivity contribution in [3.63, 3.8) is 0 Å². The summed E-state index contributed by atoms with van der Waals surface area (Å²) in [5.41, 5.74) is -2.18. The summed E-state index contributed by atoms with van der Waals surface area (Å²) in [6.07, 6.45) is 5.06. The van der Waals surface area contributed by atoms with Gasteiger partial charge in [-0.3, -0.25) is 0 Å². The molecule has 0 aliphatic rings. The zero-order valence-corrected chi connectivity index (χ0v) is 23.2. The molecule has 0 radical (unpaired) electrons. The maximum absolute atomic E-state index is 13.5. The number of hydrogen-bond acceptors (Lipinski definition) is 6. The lowest BCUT2D eigenvalue weighted by atomic mass is 10.0. The van der Waals surface area contributed by atoms with E-state index in [2.05, 4.69) is 39.8 Å². The molecule has 1 aromatic carbocycles. The number of alkyl halides is 3. The first-order chi connectivity index (χ1) is 18.3. The summed E-state index contributed by atoms with van der Waals surface area (Å²) in [4.78, 5) is 0.00192. The lowest BCUT2D eigenvalue weighted by molar-refractivity contribution is -0.0327. The van der Waals surface area contributed by atoms with Crippen LogP contribution in [0.5, 0.6) is 5.75 Å². The molecule has 0 saturated heterocycles. The van der Waals surface area contributed by atoms with Gasteiger partial charge in [0.05, 0.1) is 29.8 Å². The summed E-state index contributed by atoms with van der Waals surface area (Å²) in [7, 11) is 3.51. The Hall–Kier alpha value is -3.03. The number of anilines is 2. The minimum absolute atomic E-state index is 0.00192. The number of methoxy groups -OCH3 is 1. The number of rotatable bonds is 13. The van der Waals surface area contributed by atoms with Crippen LogP contribution in [-0.2, 0) is 0 Å². The quantitative estimate of drug-likeness (QED) is 0.126. The lowest BCUT2D eigenvalue weighted by Crippen LogP contribution is -2.23. The summed E-state index contributed by atoms with van der Waals surface area (Å²) in [5.74, 6) is 7.12. The van der Waals surface area contributed by atoms with Crippen molar-refractivity contribution in [2.75, 3.05) is 37.9 Å². The molecule has 1 atom stereocenters. The molecule has 3 rings (SSSR count). The molecular formula is C28H36F3N5OS. The van der Waals surface area contributed by atoms with Gasteiger partial charge in [-0.05, 0) is 87.3 Å². The fourth-order valence-electron chi connectivity index (χ4n) is 4.16. The van der Waals surface area contributed by atoms with Crippen molar-refractivity contribution in [3.8, 4) is 17.6 Å². The molecule has 1 unspecified atom stereocenters. The van der Waals surface area contributed by atoms with Crippen LogP contribution in [0.25, 0.3) is 5.52 Å². The summed E-state index contributed by atoms with van der Waals surface area (Å²) in [6.45, 7) is 5.24. The molecule has 3 aromatic rings. The van der Waals surface area contributed by atoms with Crippen molar-refractivity contribution in [1.82, 2.24) is 14.9 Å². The van der Waals surface area contributed by atoms with Gasteiger partial charge in [-0.1, -0.05) is 37.8 Å². The minimum atomic E-state index is -4.46. The number of ether oxygens (including phenoxy) is 1. The zero-order valence-electron chi connectivity index (χ0n) is 22.3. The number of halogens is 3. The average molecular weight is 548 g/mol. The molecule has 10 heteroatoms. The Bertz CT molecular complexity index is 1250. The average Bonchev–Trinajstić information content (AvgIpc) is 3.22. The van der Waals surface area contributed by atoms with Gasteiger partial charge in [0.2, 0.25) is 0 Å². The smallest absolute Gasteiger partial charge is 0.446 e. The highest BCUT2D eigenvalue weighted by Gasteiger charge is 2.33. The maximum atomic E-state index is 13.5. The lowest BCUT2D eigenvalue weighted by Gasteiger charge is -2.20. The fourth-order valence-corrected chi connectivity index (χ4v) is 4.84. The summed E-state index contributed by atoms with van der Waals surface area (Å²) in [5, 5.41) is 14.4. The largest absolute Gasteiger partial charge is 0.495 e. The number of hydrogen-bond donors (Lipinski definition) is 3. The number of thioether (sulfide) groups is 1. The third kappa shape index (κ3) is 8.50. The molecule has 0 fully saturated rings.